The second-order valence-electron chi connectivity index (χ2n) is 4.72. The lowest BCUT2D eigenvalue weighted by atomic mass is 10.3. The van der Waals surface area contributed by atoms with Gasteiger partial charge in [-0.1, -0.05) is 23.7 Å². The van der Waals surface area contributed by atoms with Crippen LogP contribution < -0.4 is 5.32 Å². The van der Waals surface area contributed by atoms with Crippen LogP contribution in [0.5, 0.6) is 0 Å². The van der Waals surface area contributed by atoms with Crippen LogP contribution in [0.1, 0.15) is 5.82 Å². The molecule has 3 rings (SSSR count). The van der Waals surface area contributed by atoms with E-state index in [-0.39, 0.29) is 0 Å². The average molecular weight is 277 g/mol. The zero-order valence-corrected chi connectivity index (χ0v) is 11.5. The number of fused-ring (bicyclic) bond motifs is 1. The monoisotopic (exact) mass is 276 g/mol. The summed E-state index contributed by atoms with van der Waals surface area (Å²) >= 11 is 6.11. The first-order valence-corrected chi connectivity index (χ1v) is 6.91. The molecule has 2 aromatic rings. The van der Waals surface area contributed by atoms with Crippen molar-refractivity contribution in [2.24, 2.45) is 0 Å². The molecule has 0 saturated heterocycles. The first kappa shape index (κ1) is 12.5. The Hall–Kier alpha value is -1.52. The molecule has 0 fully saturated rings. The predicted octanol–water partition coefficient (Wildman–Crippen LogP) is 2.46. The maximum absolute atomic E-state index is 6.11. The molecule has 0 radical (unpaired) electrons. The van der Waals surface area contributed by atoms with Crippen molar-refractivity contribution in [1.29, 1.82) is 0 Å². The van der Waals surface area contributed by atoms with Crippen molar-refractivity contribution < 1.29 is 0 Å². The second-order valence-corrected chi connectivity index (χ2v) is 5.13. The summed E-state index contributed by atoms with van der Waals surface area (Å²) < 4.78 is 2.22. The molecule has 4 nitrogen and oxygen atoms in total. The number of benzene rings is 1. The van der Waals surface area contributed by atoms with Gasteiger partial charge in [-0.05, 0) is 12.1 Å². The quantitative estimate of drug-likeness (QED) is 0.931. The Bertz CT molecular complexity index is 552. The molecular weight excluding hydrogens is 260 g/mol. The number of nitrogens with one attached hydrogen (secondary N) is 1. The predicted molar refractivity (Wildman–Crippen MR) is 77.4 cm³/mol. The number of halogens is 1. The smallest absolute Gasteiger partial charge is 0.122 e. The van der Waals surface area contributed by atoms with Crippen LogP contribution >= 0.6 is 11.6 Å². The lowest BCUT2D eigenvalue weighted by molar-refractivity contribution is 0.225. The topological polar surface area (TPSA) is 33.1 Å². The highest BCUT2D eigenvalue weighted by molar-refractivity contribution is 6.33. The highest BCUT2D eigenvalue weighted by Crippen LogP contribution is 2.20. The van der Waals surface area contributed by atoms with E-state index in [2.05, 4.69) is 26.0 Å². The van der Waals surface area contributed by atoms with Crippen LogP contribution in [0.3, 0.4) is 0 Å². The molecule has 0 spiro atoms. The van der Waals surface area contributed by atoms with Crippen molar-refractivity contribution in [3.63, 3.8) is 0 Å². The lowest BCUT2D eigenvalue weighted by Crippen LogP contribution is -2.36. The fourth-order valence-corrected chi connectivity index (χ4v) is 2.57. The van der Waals surface area contributed by atoms with E-state index in [9.17, 15) is 0 Å². The van der Waals surface area contributed by atoms with E-state index in [1.165, 1.54) is 0 Å². The summed E-state index contributed by atoms with van der Waals surface area (Å²) in [5, 5.41) is 4.15. The Morgan fingerprint density at radius 3 is 3.05 bits per heavy atom. The van der Waals surface area contributed by atoms with Crippen LogP contribution in [-0.4, -0.2) is 34.1 Å². The number of rotatable bonds is 4. The Balaban J connectivity index is 1.50. The van der Waals surface area contributed by atoms with Gasteiger partial charge in [-0.2, -0.15) is 0 Å². The molecule has 1 aromatic carbocycles. The summed E-state index contributed by atoms with van der Waals surface area (Å²) in [5.41, 5.74) is 1.00. The third-order valence-electron chi connectivity index (χ3n) is 3.44. The minimum absolute atomic E-state index is 0.775. The number of hydrogen-bond acceptors (Lipinski definition) is 3. The van der Waals surface area contributed by atoms with Gasteiger partial charge < -0.3 is 9.88 Å². The normalized spacial score (nSPS) is 15.2. The molecule has 1 aromatic heterocycles. The van der Waals surface area contributed by atoms with E-state index in [0.29, 0.717) is 0 Å². The summed E-state index contributed by atoms with van der Waals surface area (Å²) in [5.74, 6) is 1.16. The minimum atomic E-state index is 0.775. The molecule has 0 bridgehead atoms. The van der Waals surface area contributed by atoms with Gasteiger partial charge in [0, 0.05) is 38.6 Å². The van der Waals surface area contributed by atoms with E-state index in [4.69, 9.17) is 11.6 Å². The van der Waals surface area contributed by atoms with Crippen molar-refractivity contribution in [1.82, 2.24) is 14.5 Å². The third-order valence-corrected chi connectivity index (χ3v) is 3.77. The van der Waals surface area contributed by atoms with E-state index in [1.54, 1.807) is 0 Å². The van der Waals surface area contributed by atoms with Crippen LogP contribution in [0, 0.1) is 0 Å². The van der Waals surface area contributed by atoms with Crippen LogP contribution in [0.25, 0.3) is 0 Å². The Morgan fingerprint density at radius 2 is 2.16 bits per heavy atom. The Labute approximate surface area is 118 Å². The van der Waals surface area contributed by atoms with Gasteiger partial charge in [0.05, 0.1) is 17.3 Å². The van der Waals surface area contributed by atoms with Gasteiger partial charge in [0.1, 0.15) is 5.82 Å². The van der Waals surface area contributed by atoms with E-state index in [1.807, 2.05) is 30.5 Å². The highest BCUT2D eigenvalue weighted by atomic mass is 35.5. The minimum Gasteiger partial charge on any atom is -0.383 e. The van der Waals surface area contributed by atoms with Gasteiger partial charge in [0.15, 0.2) is 0 Å². The number of hydrogen-bond donors (Lipinski definition) is 1. The van der Waals surface area contributed by atoms with E-state index < -0.39 is 0 Å². The Morgan fingerprint density at radius 1 is 1.26 bits per heavy atom. The fraction of sp³-hybridized carbons (Fsp3) is 0.357. The Kier molecular flexibility index (Phi) is 3.71. The van der Waals surface area contributed by atoms with Crippen molar-refractivity contribution in [2.45, 2.75) is 13.1 Å². The van der Waals surface area contributed by atoms with Gasteiger partial charge >= 0.3 is 0 Å². The molecule has 0 saturated carbocycles. The largest absolute Gasteiger partial charge is 0.383 e. The molecule has 0 atom stereocenters. The molecule has 100 valence electrons. The second kappa shape index (κ2) is 5.63. The molecule has 1 aliphatic heterocycles. The molecule has 19 heavy (non-hydrogen) atoms. The summed E-state index contributed by atoms with van der Waals surface area (Å²) in [6.07, 6.45) is 3.93. The van der Waals surface area contributed by atoms with Crippen LogP contribution in [0.4, 0.5) is 5.69 Å². The summed E-state index contributed by atoms with van der Waals surface area (Å²) in [6, 6.07) is 7.84. The molecule has 1 N–H and O–H groups in total. The summed E-state index contributed by atoms with van der Waals surface area (Å²) in [7, 11) is 0. The molecule has 0 amide bonds. The van der Waals surface area contributed by atoms with Crippen molar-refractivity contribution in [3.8, 4) is 0 Å². The number of para-hydroxylation sites is 1. The van der Waals surface area contributed by atoms with Crippen LogP contribution in [-0.2, 0) is 13.1 Å². The molecule has 2 heterocycles. The van der Waals surface area contributed by atoms with Crippen LogP contribution in [0.2, 0.25) is 5.02 Å². The molecule has 5 heteroatoms. The summed E-state index contributed by atoms with van der Waals surface area (Å²) in [4.78, 5) is 6.78. The van der Waals surface area contributed by atoms with Gasteiger partial charge in [-0.15, -0.1) is 0 Å². The molecule has 0 unspecified atom stereocenters. The maximum Gasteiger partial charge on any atom is 0.122 e. The summed E-state index contributed by atoms with van der Waals surface area (Å²) in [6.45, 7) is 4.93. The van der Waals surface area contributed by atoms with Crippen LogP contribution in [0.15, 0.2) is 36.7 Å². The van der Waals surface area contributed by atoms with Crippen molar-refractivity contribution in [3.05, 3.63) is 47.5 Å². The molecular formula is C14H17ClN4. The zero-order valence-electron chi connectivity index (χ0n) is 10.7. The first-order valence-electron chi connectivity index (χ1n) is 6.54. The SMILES string of the molecule is Clc1ccccc1NCCN1CCn2ccnc2C1. The lowest BCUT2D eigenvalue weighted by Gasteiger charge is -2.27. The number of imidazole rings is 1. The zero-order chi connectivity index (χ0) is 13.1. The highest BCUT2D eigenvalue weighted by Gasteiger charge is 2.15. The van der Waals surface area contributed by atoms with Gasteiger partial charge in [0.25, 0.3) is 0 Å². The average Bonchev–Trinajstić information content (AvgIpc) is 2.88. The molecule has 1 aliphatic rings. The third kappa shape index (κ3) is 2.91. The first-order chi connectivity index (χ1) is 9.33. The number of anilines is 1. The van der Waals surface area contributed by atoms with E-state index in [0.717, 1.165) is 49.3 Å². The van der Waals surface area contributed by atoms with Gasteiger partial charge in [-0.25, -0.2) is 4.98 Å². The van der Waals surface area contributed by atoms with Crippen molar-refractivity contribution >= 4 is 17.3 Å². The molecule has 0 aliphatic carbocycles. The number of nitrogens with zero attached hydrogens (tertiary/aromatic N) is 3. The standard InChI is InChI=1S/C14H17ClN4/c15-12-3-1-2-4-13(12)16-5-7-18-9-10-19-8-6-17-14(19)11-18/h1-4,6,8,16H,5,7,9-11H2. The fourth-order valence-electron chi connectivity index (χ4n) is 2.37. The van der Waals surface area contributed by atoms with Gasteiger partial charge in [-0.3, -0.25) is 4.90 Å². The van der Waals surface area contributed by atoms with Gasteiger partial charge in [0.2, 0.25) is 0 Å². The maximum atomic E-state index is 6.11. The van der Waals surface area contributed by atoms with E-state index >= 15 is 0 Å². The number of aromatic nitrogens is 2. The van der Waals surface area contributed by atoms with Crippen molar-refractivity contribution in [2.75, 3.05) is 25.0 Å².